The first kappa shape index (κ1) is 14.2. The molecule has 0 bridgehead atoms. The third-order valence-corrected chi connectivity index (χ3v) is 3.37. The molecule has 0 aromatic heterocycles. The van der Waals surface area contributed by atoms with Crippen LogP contribution in [0.15, 0.2) is 30.3 Å². The van der Waals surface area contributed by atoms with Gasteiger partial charge in [-0.05, 0) is 38.7 Å². The van der Waals surface area contributed by atoms with E-state index in [9.17, 15) is 4.79 Å². The molecule has 0 saturated carbocycles. The van der Waals surface area contributed by atoms with Gasteiger partial charge in [-0.25, -0.2) is 0 Å². The van der Waals surface area contributed by atoms with Gasteiger partial charge in [0.15, 0.2) is 5.79 Å². The molecule has 0 amide bonds. The van der Waals surface area contributed by atoms with E-state index < -0.39 is 5.79 Å². The topological polar surface area (TPSA) is 35.5 Å². The summed E-state index contributed by atoms with van der Waals surface area (Å²) >= 11 is 0. The molecule has 0 spiro atoms. The van der Waals surface area contributed by atoms with E-state index in [2.05, 4.69) is 24.3 Å². The van der Waals surface area contributed by atoms with Crippen molar-refractivity contribution >= 4 is 6.29 Å². The summed E-state index contributed by atoms with van der Waals surface area (Å²) < 4.78 is 11.4. The van der Waals surface area contributed by atoms with Crippen LogP contribution in [0, 0.1) is 0 Å². The first-order valence-corrected chi connectivity index (χ1v) is 6.94. The average Bonchev–Trinajstić information content (AvgIpc) is 2.38. The number of aryl methyl sites for hydroxylation is 1. The van der Waals surface area contributed by atoms with E-state index in [1.54, 1.807) is 0 Å². The molecule has 2 rings (SSSR count). The molecular weight excluding hydrogens is 240 g/mol. The molecule has 104 valence electrons. The second-order valence-electron chi connectivity index (χ2n) is 5.55. The molecule has 0 aliphatic carbocycles. The van der Waals surface area contributed by atoms with Gasteiger partial charge < -0.3 is 14.3 Å². The van der Waals surface area contributed by atoms with E-state index in [0.29, 0.717) is 6.42 Å². The van der Waals surface area contributed by atoms with Crippen LogP contribution in [0.25, 0.3) is 0 Å². The lowest BCUT2D eigenvalue weighted by Crippen LogP contribution is -2.45. The predicted molar refractivity (Wildman–Crippen MR) is 73.9 cm³/mol. The highest BCUT2D eigenvalue weighted by atomic mass is 16.7. The van der Waals surface area contributed by atoms with E-state index in [0.717, 1.165) is 25.5 Å². The first-order chi connectivity index (χ1) is 9.09. The van der Waals surface area contributed by atoms with Crippen molar-refractivity contribution in [3.63, 3.8) is 0 Å². The molecule has 1 aliphatic rings. The van der Waals surface area contributed by atoms with Crippen LogP contribution >= 0.6 is 0 Å². The van der Waals surface area contributed by atoms with Crippen molar-refractivity contribution in [1.82, 2.24) is 0 Å². The van der Waals surface area contributed by atoms with Crippen LogP contribution in [0.4, 0.5) is 0 Å². The second kappa shape index (κ2) is 6.31. The Kier molecular flexibility index (Phi) is 4.72. The molecule has 1 saturated heterocycles. The van der Waals surface area contributed by atoms with E-state index >= 15 is 0 Å². The van der Waals surface area contributed by atoms with Crippen molar-refractivity contribution in [1.29, 1.82) is 0 Å². The third kappa shape index (κ3) is 4.44. The number of aldehydes is 1. The summed E-state index contributed by atoms with van der Waals surface area (Å²) in [6.45, 7) is 3.74. The Balaban J connectivity index is 1.80. The van der Waals surface area contributed by atoms with Gasteiger partial charge >= 0.3 is 0 Å². The minimum atomic E-state index is -0.652. The third-order valence-electron chi connectivity index (χ3n) is 3.37. The highest BCUT2D eigenvalue weighted by Gasteiger charge is 2.34. The maximum Gasteiger partial charge on any atom is 0.164 e. The Morgan fingerprint density at radius 2 is 2.00 bits per heavy atom. The summed E-state index contributed by atoms with van der Waals surface area (Å²) in [5.74, 6) is -0.652. The number of hydrogen-bond donors (Lipinski definition) is 0. The molecule has 1 aromatic rings. The van der Waals surface area contributed by atoms with E-state index in [1.807, 2.05) is 19.9 Å². The van der Waals surface area contributed by atoms with Crippen LogP contribution in [-0.2, 0) is 20.7 Å². The normalized spacial score (nSPS) is 26.0. The summed E-state index contributed by atoms with van der Waals surface area (Å²) in [5.41, 5.74) is 1.35. The molecule has 0 unspecified atom stereocenters. The zero-order valence-electron chi connectivity index (χ0n) is 11.7. The van der Waals surface area contributed by atoms with Crippen molar-refractivity contribution in [3.05, 3.63) is 35.9 Å². The fourth-order valence-corrected chi connectivity index (χ4v) is 2.59. The fourth-order valence-electron chi connectivity index (χ4n) is 2.59. The Hall–Kier alpha value is -1.19. The number of rotatable bonds is 5. The summed E-state index contributed by atoms with van der Waals surface area (Å²) in [6, 6.07) is 10.4. The molecule has 1 aromatic carbocycles. The Labute approximate surface area is 114 Å². The SMILES string of the molecule is CC1(C)O[C@H](CCCc2ccccc2)C[C@H](C=O)O1. The minimum Gasteiger partial charge on any atom is -0.347 e. The predicted octanol–water partition coefficient (Wildman–Crippen LogP) is 3.12. The van der Waals surface area contributed by atoms with Gasteiger partial charge in [0, 0.05) is 6.42 Å². The van der Waals surface area contributed by atoms with Gasteiger partial charge in [-0.3, -0.25) is 0 Å². The molecule has 1 aliphatic heterocycles. The van der Waals surface area contributed by atoms with Crippen LogP contribution in [0.1, 0.15) is 38.7 Å². The molecular formula is C16H22O3. The quantitative estimate of drug-likeness (QED) is 0.765. The van der Waals surface area contributed by atoms with Gasteiger partial charge in [0.25, 0.3) is 0 Å². The van der Waals surface area contributed by atoms with Crippen molar-refractivity contribution < 1.29 is 14.3 Å². The second-order valence-corrected chi connectivity index (χ2v) is 5.55. The van der Waals surface area contributed by atoms with Gasteiger partial charge in [-0.2, -0.15) is 0 Å². The lowest BCUT2D eigenvalue weighted by Gasteiger charge is -2.39. The molecule has 2 atom stereocenters. The molecule has 0 N–H and O–H groups in total. The zero-order valence-corrected chi connectivity index (χ0v) is 11.7. The molecule has 19 heavy (non-hydrogen) atoms. The zero-order chi connectivity index (χ0) is 13.7. The smallest absolute Gasteiger partial charge is 0.164 e. The first-order valence-electron chi connectivity index (χ1n) is 6.94. The van der Waals surface area contributed by atoms with Gasteiger partial charge in [-0.15, -0.1) is 0 Å². The van der Waals surface area contributed by atoms with Crippen LogP contribution in [-0.4, -0.2) is 24.3 Å². The van der Waals surface area contributed by atoms with Crippen LogP contribution in [0.2, 0.25) is 0 Å². The number of hydrogen-bond acceptors (Lipinski definition) is 3. The number of benzene rings is 1. The monoisotopic (exact) mass is 262 g/mol. The van der Waals surface area contributed by atoms with Crippen LogP contribution < -0.4 is 0 Å². The highest BCUT2D eigenvalue weighted by Crippen LogP contribution is 2.28. The summed E-state index contributed by atoms with van der Waals surface area (Å²) in [6.07, 6.45) is 4.42. The lowest BCUT2D eigenvalue weighted by molar-refractivity contribution is -0.291. The van der Waals surface area contributed by atoms with Crippen LogP contribution in [0.5, 0.6) is 0 Å². The number of ether oxygens (including phenoxy) is 2. The summed E-state index contributed by atoms with van der Waals surface area (Å²) in [5, 5.41) is 0. The summed E-state index contributed by atoms with van der Waals surface area (Å²) in [7, 11) is 0. The van der Waals surface area contributed by atoms with Crippen LogP contribution in [0.3, 0.4) is 0 Å². The van der Waals surface area contributed by atoms with Crippen molar-refractivity contribution in [3.8, 4) is 0 Å². The largest absolute Gasteiger partial charge is 0.347 e. The van der Waals surface area contributed by atoms with Crippen molar-refractivity contribution in [2.24, 2.45) is 0 Å². The van der Waals surface area contributed by atoms with E-state index in [1.165, 1.54) is 5.56 Å². The standard InChI is InChI=1S/C16H22O3/c1-16(2)18-14(11-15(12-17)19-16)10-6-9-13-7-4-3-5-8-13/h3-5,7-8,12,14-15H,6,9-11H2,1-2H3/t14-,15-/m1/s1. The minimum absolute atomic E-state index is 0.114. The van der Waals surface area contributed by atoms with Gasteiger partial charge in [-0.1, -0.05) is 30.3 Å². The molecule has 0 radical (unpaired) electrons. The Bertz CT molecular complexity index is 400. The highest BCUT2D eigenvalue weighted by molar-refractivity contribution is 5.56. The maximum absolute atomic E-state index is 10.9. The summed E-state index contributed by atoms with van der Waals surface area (Å²) in [4.78, 5) is 10.9. The average molecular weight is 262 g/mol. The lowest BCUT2D eigenvalue weighted by atomic mass is 10.0. The molecule has 1 heterocycles. The Morgan fingerprint density at radius 1 is 1.26 bits per heavy atom. The number of carbonyl (C=O) groups is 1. The van der Waals surface area contributed by atoms with Gasteiger partial charge in [0.05, 0.1) is 6.10 Å². The van der Waals surface area contributed by atoms with E-state index in [4.69, 9.17) is 9.47 Å². The van der Waals surface area contributed by atoms with E-state index in [-0.39, 0.29) is 12.2 Å². The number of carbonyl (C=O) groups excluding carboxylic acids is 1. The van der Waals surface area contributed by atoms with Crippen molar-refractivity contribution in [2.45, 2.75) is 57.5 Å². The fraction of sp³-hybridized carbons (Fsp3) is 0.562. The van der Waals surface area contributed by atoms with Gasteiger partial charge in [0.2, 0.25) is 0 Å². The molecule has 1 fully saturated rings. The maximum atomic E-state index is 10.9. The molecule has 3 nitrogen and oxygen atoms in total. The molecule has 3 heteroatoms. The van der Waals surface area contributed by atoms with Crippen molar-refractivity contribution in [2.75, 3.05) is 0 Å². The Morgan fingerprint density at radius 3 is 2.68 bits per heavy atom. The van der Waals surface area contributed by atoms with Gasteiger partial charge in [0.1, 0.15) is 12.4 Å².